The quantitative estimate of drug-likeness (QED) is 0.192. The van der Waals surface area contributed by atoms with Gasteiger partial charge in [0, 0.05) is 42.5 Å². The molecule has 1 saturated heterocycles. The van der Waals surface area contributed by atoms with Gasteiger partial charge in [0.25, 0.3) is 0 Å². The van der Waals surface area contributed by atoms with E-state index in [0.717, 1.165) is 11.1 Å². The summed E-state index contributed by atoms with van der Waals surface area (Å²) in [5.74, 6) is -1.51. The molecule has 242 valence electrons. The molecule has 0 radical (unpaired) electrons. The largest absolute Gasteiger partial charge is 0.321 e. The molecule has 4 atom stereocenters. The molecule has 0 unspecified atom stereocenters. The Hall–Kier alpha value is -3.47. The van der Waals surface area contributed by atoms with E-state index in [2.05, 4.69) is 5.32 Å². The van der Waals surface area contributed by atoms with Crippen LogP contribution in [0.4, 0.5) is 8.78 Å². The summed E-state index contributed by atoms with van der Waals surface area (Å²) >= 11 is 6.12. The first kappa shape index (κ1) is 33.9. The molecule has 1 aliphatic rings. The maximum atomic E-state index is 15.4. The summed E-state index contributed by atoms with van der Waals surface area (Å²) in [6.45, 7) is 2.79. The van der Waals surface area contributed by atoms with Gasteiger partial charge in [-0.25, -0.2) is 17.2 Å². The fourth-order valence-corrected chi connectivity index (χ4v) is 8.29. The van der Waals surface area contributed by atoms with Gasteiger partial charge in [-0.1, -0.05) is 66.2 Å². The molecule has 1 fully saturated rings. The fourth-order valence-electron chi connectivity index (χ4n) is 6.30. The molecule has 0 spiro atoms. The first-order valence-corrected chi connectivity index (χ1v) is 17.2. The highest BCUT2D eigenvalue weighted by atomic mass is 35.5. The maximum Gasteiger partial charge on any atom is 0.243 e. The molecular formula is C36H38ClF2N3O3S. The number of ketones is 1. The number of piperazine rings is 1. The molecular weight excluding hydrogens is 628 g/mol. The Bertz CT molecular complexity index is 1740. The molecule has 0 aliphatic carbocycles. The zero-order valence-electron chi connectivity index (χ0n) is 25.6. The van der Waals surface area contributed by atoms with Crippen molar-refractivity contribution in [3.05, 3.63) is 136 Å². The normalized spacial score (nSPS) is 18.6. The maximum absolute atomic E-state index is 15.4. The molecule has 1 aliphatic heterocycles. The molecule has 6 nitrogen and oxygen atoms in total. The van der Waals surface area contributed by atoms with Crippen LogP contribution in [0.3, 0.4) is 0 Å². The van der Waals surface area contributed by atoms with E-state index >= 15 is 4.39 Å². The highest BCUT2D eigenvalue weighted by Crippen LogP contribution is 2.29. The van der Waals surface area contributed by atoms with Gasteiger partial charge >= 0.3 is 0 Å². The predicted molar refractivity (Wildman–Crippen MR) is 177 cm³/mol. The number of nitrogens with zero attached hydrogens (tertiary/aromatic N) is 1. The molecule has 0 bridgehead atoms. The van der Waals surface area contributed by atoms with Crippen LogP contribution in [0.15, 0.2) is 102 Å². The highest BCUT2D eigenvalue weighted by Gasteiger charge is 2.38. The van der Waals surface area contributed by atoms with E-state index in [1.807, 2.05) is 19.1 Å². The smallest absolute Gasteiger partial charge is 0.243 e. The number of nitrogens with two attached hydrogens (primary N) is 1. The molecule has 4 aromatic rings. The third-order valence-corrected chi connectivity index (χ3v) is 11.0. The predicted octanol–water partition coefficient (Wildman–Crippen LogP) is 6.07. The first-order valence-electron chi connectivity index (χ1n) is 15.4. The van der Waals surface area contributed by atoms with Crippen molar-refractivity contribution in [1.29, 1.82) is 0 Å². The summed E-state index contributed by atoms with van der Waals surface area (Å²) in [6, 6.07) is 24.5. The van der Waals surface area contributed by atoms with Crippen LogP contribution in [0.25, 0.3) is 0 Å². The number of hydrogen-bond acceptors (Lipinski definition) is 5. The van der Waals surface area contributed by atoms with Crippen LogP contribution in [0.1, 0.15) is 41.5 Å². The Kier molecular flexibility index (Phi) is 11.0. The first-order chi connectivity index (χ1) is 22.0. The van der Waals surface area contributed by atoms with Gasteiger partial charge in [0.1, 0.15) is 11.6 Å². The lowest BCUT2D eigenvalue weighted by Gasteiger charge is -2.40. The van der Waals surface area contributed by atoms with Crippen molar-refractivity contribution in [1.82, 2.24) is 9.62 Å². The molecule has 3 N–H and O–H groups in total. The summed E-state index contributed by atoms with van der Waals surface area (Å²) in [4.78, 5) is 14.0. The SMILES string of the molecule is C[C@H]1CNC[C@H](CCc2c(F)cccc2CC(=O)[C@@H](N)[C@@H](Cc2ccc(F)cc2)c2ccc(Cl)cc2)N1S(=O)(=O)c1ccccc1. The lowest BCUT2D eigenvalue weighted by Crippen LogP contribution is -2.58. The van der Waals surface area contributed by atoms with Crippen molar-refractivity contribution < 1.29 is 22.0 Å². The number of benzene rings is 4. The fraction of sp³-hybridized carbons (Fsp3) is 0.306. The van der Waals surface area contributed by atoms with Crippen LogP contribution in [-0.2, 0) is 34.1 Å². The average Bonchev–Trinajstić information content (AvgIpc) is 3.04. The number of hydrogen-bond donors (Lipinski definition) is 2. The number of carbonyl (C=O) groups is 1. The summed E-state index contributed by atoms with van der Waals surface area (Å²) in [7, 11) is -3.78. The van der Waals surface area contributed by atoms with Crippen molar-refractivity contribution in [3.63, 3.8) is 0 Å². The molecule has 0 saturated carbocycles. The van der Waals surface area contributed by atoms with Gasteiger partial charge in [-0.2, -0.15) is 4.31 Å². The highest BCUT2D eigenvalue weighted by molar-refractivity contribution is 7.89. The Morgan fingerprint density at radius 2 is 1.65 bits per heavy atom. The second kappa shape index (κ2) is 15.0. The Labute approximate surface area is 274 Å². The van der Waals surface area contributed by atoms with Crippen LogP contribution in [0.2, 0.25) is 5.02 Å². The second-order valence-corrected chi connectivity index (χ2v) is 14.2. The lowest BCUT2D eigenvalue weighted by molar-refractivity contribution is -0.120. The van der Waals surface area contributed by atoms with Crippen molar-refractivity contribution in [2.45, 2.75) is 61.5 Å². The Balaban J connectivity index is 1.36. The minimum absolute atomic E-state index is 0.0902. The minimum Gasteiger partial charge on any atom is -0.321 e. The average molecular weight is 666 g/mol. The van der Waals surface area contributed by atoms with Crippen molar-refractivity contribution in [2.24, 2.45) is 5.73 Å². The van der Waals surface area contributed by atoms with E-state index in [4.69, 9.17) is 17.3 Å². The van der Waals surface area contributed by atoms with Crippen molar-refractivity contribution >= 4 is 27.4 Å². The number of rotatable bonds is 12. The van der Waals surface area contributed by atoms with Crippen LogP contribution in [0.5, 0.6) is 0 Å². The van der Waals surface area contributed by atoms with Crippen molar-refractivity contribution in [2.75, 3.05) is 13.1 Å². The van der Waals surface area contributed by atoms with Gasteiger partial charge in [-0.15, -0.1) is 0 Å². The van der Waals surface area contributed by atoms with E-state index in [0.29, 0.717) is 42.1 Å². The van der Waals surface area contributed by atoms with Crippen molar-refractivity contribution in [3.8, 4) is 0 Å². The zero-order chi connectivity index (χ0) is 32.8. The Morgan fingerprint density at radius 3 is 2.35 bits per heavy atom. The van der Waals surface area contributed by atoms with E-state index in [1.165, 1.54) is 22.5 Å². The van der Waals surface area contributed by atoms with Crippen LogP contribution in [0, 0.1) is 11.6 Å². The molecule has 0 amide bonds. The third-order valence-electron chi connectivity index (χ3n) is 8.71. The minimum atomic E-state index is -3.78. The number of sulfonamides is 1. The topological polar surface area (TPSA) is 92.5 Å². The lowest BCUT2D eigenvalue weighted by atomic mass is 9.82. The molecule has 5 rings (SSSR count). The van der Waals surface area contributed by atoms with Gasteiger partial charge in [0.05, 0.1) is 10.9 Å². The summed E-state index contributed by atoms with van der Waals surface area (Å²) in [5.41, 5.74) is 9.17. The van der Waals surface area contributed by atoms with E-state index < -0.39 is 33.8 Å². The number of Topliss-reactive ketones (excluding diaryl/α,β-unsaturated/α-hetero) is 1. The molecule has 10 heteroatoms. The number of carbonyl (C=O) groups excluding carboxylic acids is 1. The molecule has 4 aromatic carbocycles. The zero-order valence-corrected chi connectivity index (χ0v) is 27.2. The van der Waals surface area contributed by atoms with Gasteiger partial charge in [-0.3, -0.25) is 4.79 Å². The van der Waals surface area contributed by atoms with Crippen LogP contribution in [-0.4, -0.2) is 49.7 Å². The van der Waals surface area contributed by atoms with E-state index in [1.54, 1.807) is 66.7 Å². The van der Waals surface area contributed by atoms with E-state index in [-0.39, 0.29) is 35.4 Å². The second-order valence-electron chi connectivity index (χ2n) is 11.9. The van der Waals surface area contributed by atoms with Gasteiger partial charge in [0.15, 0.2) is 5.78 Å². The molecule has 46 heavy (non-hydrogen) atoms. The monoisotopic (exact) mass is 665 g/mol. The van der Waals surface area contributed by atoms with E-state index in [9.17, 15) is 17.6 Å². The molecule has 0 aromatic heterocycles. The summed E-state index contributed by atoms with van der Waals surface area (Å²) in [5, 5.41) is 3.85. The van der Waals surface area contributed by atoms with Crippen LogP contribution >= 0.6 is 11.6 Å². The Morgan fingerprint density at radius 1 is 0.957 bits per heavy atom. The van der Waals surface area contributed by atoms with Gasteiger partial charge < -0.3 is 11.1 Å². The van der Waals surface area contributed by atoms with Gasteiger partial charge in [0.2, 0.25) is 10.0 Å². The summed E-state index contributed by atoms with van der Waals surface area (Å²) < 4.78 is 57.8. The molecule has 1 heterocycles. The summed E-state index contributed by atoms with van der Waals surface area (Å²) in [6.07, 6.45) is 0.896. The standard InChI is InChI=1S/C36H38ClF2N3O3S/c1-24-22-41-23-30(42(24)46(44,45)31-7-3-2-4-8-31)18-19-32-27(6-5-9-34(32)39)21-35(43)36(40)33(26-12-14-28(37)15-13-26)20-25-10-16-29(38)17-11-25/h2-17,24,30,33,36,41H,18-23,40H2,1H3/t24-,30-,33-,36-/m0/s1. The van der Waals surface area contributed by atoms with Gasteiger partial charge in [-0.05, 0) is 90.9 Å². The number of halogens is 3. The van der Waals surface area contributed by atoms with Crippen LogP contribution < -0.4 is 11.1 Å². The third kappa shape index (κ3) is 7.90. The number of nitrogens with one attached hydrogen (secondary N) is 1.